The van der Waals surface area contributed by atoms with Gasteiger partial charge in [0.15, 0.2) is 0 Å². The Labute approximate surface area is 195 Å². The molecule has 4 rings (SSSR count). The molecule has 0 radical (unpaired) electrons. The Morgan fingerprint density at radius 3 is 2.21 bits per heavy atom. The number of benzene rings is 4. The van der Waals surface area contributed by atoms with E-state index in [-0.39, 0.29) is 11.3 Å². The number of rotatable bonds is 6. The van der Waals surface area contributed by atoms with Gasteiger partial charge >= 0.3 is 0 Å². The summed E-state index contributed by atoms with van der Waals surface area (Å²) < 4.78 is 0. The van der Waals surface area contributed by atoms with Crippen molar-refractivity contribution in [3.63, 3.8) is 0 Å². The number of nitro benzene ring substituents is 1. The number of fused-ring (bicyclic) bond motifs is 1. The van der Waals surface area contributed by atoms with Crippen LogP contribution in [0.4, 0.5) is 11.4 Å². The van der Waals surface area contributed by atoms with Crippen molar-refractivity contribution in [2.24, 2.45) is 5.10 Å². The molecule has 0 atom stereocenters. The number of carbonyl (C=O) groups excluding carboxylic acids is 2. The van der Waals surface area contributed by atoms with Crippen LogP contribution in [0.5, 0.6) is 0 Å². The molecular formula is C26H20N4O4. The molecule has 0 heterocycles. The van der Waals surface area contributed by atoms with Gasteiger partial charge in [-0.2, -0.15) is 5.10 Å². The van der Waals surface area contributed by atoms with Gasteiger partial charge in [0.25, 0.3) is 17.5 Å². The van der Waals surface area contributed by atoms with Crippen LogP contribution in [0.1, 0.15) is 33.2 Å². The Morgan fingerprint density at radius 1 is 0.765 bits per heavy atom. The van der Waals surface area contributed by atoms with Crippen LogP contribution in [0, 0.1) is 10.1 Å². The minimum atomic E-state index is -0.561. The fourth-order valence-corrected chi connectivity index (χ4v) is 3.35. The lowest BCUT2D eigenvalue weighted by Crippen LogP contribution is -2.19. The second-order valence-corrected chi connectivity index (χ2v) is 7.54. The third kappa shape index (κ3) is 5.13. The maximum Gasteiger partial charge on any atom is 0.271 e. The van der Waals surface area contributed by atoms with Crippen LogP contribution in [0.2, 0.25) is 0 Å². The van der Waals surface area contributed by atoms with E-state index < -0.39 is 16.7 Å². The highest BCUT2D eigenvalue weighted by molar-refractivity contribution is 6.05. The van der Waals surface area contributed by atoms with Gasteiger partial charge in [-0.05, 0) is 59.7 Å². The van der Waals surface area contributed by atoms with Crippen molar-refractivity contribution in [1.82, 2.24) is 5.43 Å². The Balaban J connectivity index is 1.40. The van der Waals surface area contributed by atoms with E-state index in [4.69, 9.17) is 0 Å². The van der Waals surface area contributed by atoms with Crippen molar-refractivity contribution in [3.8, 4) is 0 Å². The monoisotopic (exact) mass is 452 g/mol. The number of nitrogens with one attached hydrogen (secondary N) is 2. The molecule has 0 saturated carbocycles. The van der Waals surface area contributed by atoms with Gasteiger partial charge in [0.2, 0.25) is 0 Å². The quantitative estimate of drug-likeness (QED) is 0.239. The lowest BCUT2D eigenvalue weighted by atomic mass is 10.0. The van der Waals surface area contributed by atoms with Crippen molar-refractivity contribution in [3.05, 3.63) is 118 Å². The predicted octanol–water partition coefficient (Wildman–Crippen LogP) is 5.15. The predicted molar refractivity (Wildman–Crippen MR) is 131 cm³/mol. The van der Waals surface area contributed by atoms with Crippen LogP contribution >= 0.6 is 0 Å². The minimum Gasteiger partial charge on any atom is -0.322 e. The number of hydrogen-bond acceptors (Lipinski definition) is 5. The summed E-state index contributed by atoms with van der Waals surface area (Å²) in [5, 5.41) is 20.0. The minimum absolute atomic E-state index is 0.162. The lowest BCUT2D eigenvalue weighted by Gasteiger charge is -2.07. The SMILES string of the molecule is CC(=NNC(=O)c1ccc(NC(=O)c2cccc([N+](=O)[O-])c2)cc1)c1ccc2ccccc2c1. The molecule has 2 N–H and O–H groups in total. The maximum absolute atomic E-state index is 12.5. The highest BCUT2D eigenvalue weighted by Gasteiger charge is 2.12. The molecule has 0 fully saturated rings. The van der Waals surface area contributed by atoms with Crippen LogP contribution in [-0.2, 0) is 0 Å². The van der Waals surface area contributed by atoms with Gasteiger partial charge in [-0.25, -0.2) is 5.43 Å². The van der Waals surface area contributed by atoms with Crippen molar-refractivity contribution < 1.29 is 14.5 Å². The molecule has 0 bridgehead atoms. The van der Waals surface area contributed by atoms with Gasteiger partial charge < -0.3 is 5.32 Å². The van der Waals surface area contributed by atoms with Crippen LogP contribution < -0.4 is 10.7 Å². The maximum atomic E-state index is 12.5. The summed E-state index contributed by atoms with van der Waals surface area (Å²) in [6.45, 7) is 1.82. The zero-order chi connectivity index (χ0) is 24.1. The summed E-state index contributed by atoms with van der Waals surface area (Å²) in [7, 11) is 0. The number of non-ortho nitro benzene ring substituents is 1. The third-order valence-electron chi connectivity index (χ3n) is 5.22. The Hall–Kier alpha value is -4.85. The second kappa shape index (κ2) is 9.74. The largest absolute Gasteiger partial charge is 0.322 e. The van der Waals surface area contributed by atoms with Gasteiger partial charge in [-0.3, -0.25) is 19.7 Å². The molecule has 8 heteroatoms. The average Bonchev–Trinajstić information content (AvgIpc) is 2.87. The number of hydrogen-bond donors (Lipinski definition) is 2. The Morgan fingerprint density at radius 2 is 1.47 bits per heavy atom. The van der Waals surface area contributed by atoms with Crippen LogP contribution in [0.3, 0.4) is 0 Å². The summed E-state index contributed by atoms with van der Waals surface area (Å²) in [6, 6.07) is 25.7. The molecule has 4 aromatic rings. The first-order chi connectivity index (χ1) is 16.4. The topological polar surface area (TPSA) is 114 Å². The Kier molecular flexibility index (Phi) is 6.40. The molecule has 0 spiro atoms. The van der Waals surface area contributed by atoms with Gasteiger partial charge in [-0.15, -0.1) is 0 Å². The van der Waals surface area contributed by atoms with Gasteiger partial charge in [-0.1, -0.05) is 42.5 Å². The number of hydrazone groups is 1. The summed E-state index contributed by atoms with van der Waals surface area (Å²) in [6.07, 6.45) is 0. The van der Waals surface area contributed by atoms with Crippen LogP contribution in [0.25, 0.3) is 10.8 Å². The van der Waals surface area contributed by atoms with E-state index >= 15 is 0 Å². The van der Waals surface area contributed by atoms with E-state index in [1.165, 1.54) is 24.3 Å². The summed E-state index contributed by atoms with van der Waals surface area (Å²) >= 11 is 0. The lowest BCUT2D eigenvalue weighted by molar-refractivity contribution is -0.384. The van der Waals surface area contributed by atoms with Crippen molar-refractivity contribution in [1.29, 1.82) is 0 Å². The van der Waals surface area contributed by atoms with E-state index in [2.05, 4.69) is 15.8 Å². The first-order valence-electron chi connectivity index (χ1n) is 10.4. The highest BCUT2D eigenvalue weighted by Crippen LogP contribution is 2.17. The molecule has 168 valence electrons. The molecule has 0 saturated heterocycles. The molecule has 0 aliphatic heterocycles. The highest BCUT2D eigenvalue weighted by atomic mass is 16.6. The first-order valence-corrected chi connectivity index (χ1v) is 10.4. The molecule has 0 aromatic heterocycles. The molecule has 34 heavy (non-hydrogen) atoms. The normalized spacial score (nSPS) is 11.1. The number of nitrogens with zero attached hydrogens (tertiary/aromatic N) is 2. The molecular weight excluding hydrogens is 432 g/mol. The second-order valence-electron chi connectivity index (χ2n) is 7.54. The average molecular weight is 452 g/mol. The number of anilines is 1. The number of nitro groups is 1. The van der Waals surface area contributed by atoms with Crippen LogP contribution in [-0.4, -0.2) is 22.4 Å². The fraction of sp³-hybridized carbons (Fsp3) is 0.0385. The van der Waals surface area contributed by atoms with E-state index in [1.807, 2.05) is 49.4 Å². The fourth-order valence-electron chi connectivity index (χ4n) is 3.35. The molecule has 4 aromatic carbocycles. The number of carbonyl (C=O) groups is 2. The zero-order valence-electron chi connectivity index (χ0n) is 18.2. The van der Waals surface area contributed by atoms with E-state index in [9.17, 15) is 19.7 Å². The van der Waals surface area contributed by atoms with Crippen molar-refractivity contribution in [2.75, 3.05) is 5.32 Å². The van der Waals surface area contributed by atoms with E-state index in [0.717, 1.165) is 16.3 Å². The summed E-state index contributed by atoms with van der Waals surface area (Å²) in [5.74, 6) is -0.881. The third-order valence-corrected chi connectivity index (χ3v) is 5.22. The number of amides is 2. The molecule has 0 aliphatic rings. The van der Waals surface area contributed by atoms with Gasteiger partial charge in [0.05, 0.1) is 10.6 Å². The van der Waals surface area contributed by atoms with Gasteiger partial charge in [0, 0.05) is 28.9 Å². The van der Waals surface area contributed by atoms with Crippen molar-refractivity contribution in [2.45, 2.75) is 6.92 Å². The Bertz CT molecular complexity index is 1430. The molecule has 8 nitrogen and oxygen atoms in total. The smallest absolute Gasteiger partial charge is 0.271 e. The van der Waals surface area contributed by atoms with Crippen molar-refractivity contribution >= 4 is 39.7 Å². The van der Waals surface area contributed by atoms with Crippen LogP contribution in [0.15, 0.2) is 96.1 Å². The molecule has 0 aliphatic carbocycles. The van der Waals surface area contributed by atoms with E-state index in [0.29, 0.717) is 17.0 Å². The standard InChI is InChI=1S/C26H20N4O4/c1-17(20-10-9-18-5-2-3-6-21(18)15-20)28-29-26(32)19-11-13-23(14-12-19)27-25(31)22-7-4-8-24(16-22)30(33)34/h2-16H,1H3,(H,27,31)(H,29,32). The van der Waals surface area contributed by atoms with Gasteiger partial charge in [0.1, 0.15) is 0 Å². The zero-order valence-corrected chi connectivity index (χ0v) is 18.2. The molecule has 2 amide bonds. The first kappa shape index (κ1) is 22.3. The van der Waals surface area contributed by atoms with E-state index in [1.54, 1.807) is 24.3 Å². The summed E-state index contributed by atoms with van der Waals surface area (Å²) in [4.78, 5) is 35.2. The summed E-state index contributed by atoms with van der Waals surface area (Å²) in [5.41, 5.74) is 4.92. The molecule has 0 unspecified atom stereocenters.